The van der Waals surface area contributed by atoms with Crippen LogP contribution in [0.25, 0.3) is 10.2 Å². The van der Waals surface area contributed by atoms with E-state index in [0.717, 1.165) is 21.3 Å². The maximum atomic E-state index is 13.6. The zero-order valence-electron chi connectivity index (χ0n) is 14.4. The Hall–Kier alpha value is -2.84. The molecular weight excluding hydrogens is 373 g/mol. The zero-order chi connectivity index (χ0) is 19.2. The van der Waals surface area contributed by atoms with Crippen LogP contribution in [0.2, 0.25) is 0 Å². The quantitative estimate of drug-likeness (QED) is 0.434. The van der Waals surface area contributed by atoms with E-state index in [0.29, 0.717) is 0 Å². The van der Waals surface area contributed by atoms with Gasteiger partial charge in [0.2, 0.25) is 0 Å². The highest BCUT2D eigenvalue weighted by Gasteiger charge is 2.13. The Balaban J connectivity index is 1.44. The van der Waals surface area contributed by atoms with Gasteiger partial charge in [-0.05, 0) is 30.3 Å². The summed E-state index contributed by atoms with van der Waals surface area (Å²) in [5, 5.41) is 0.744. The molecule has 0 saturated carbocycles. The monoisotopic (exact) mass is 389 g/mol. The molecule has 1 heterocycles. The lowest BCUT2D eigenvalue weighted by molar-refractivity contribution is -0.148. The summed E-state index contributed by atoms with van der Waals surface area (Å²) in [6, 6.07) is 11.5. The van der Waals surface area contributed by atoms with Crippen LogP contribution in [0.15, 0.2) is 42.5 Å². The molecule has 0 atom stereocenters. The zero-order valence-corrected chi connectivity index (χ0v) is 15.3. The first-order valence-corrected chi connectivity index (χ1v) is 8.83. The minimum Gasteiger partial charge on any atom is -0.494 e. The molecular formula is C19H16FNO5S. The van der Waals surface area contributed by atoms with Gasteiger partial charge in [0.1, 0.15) is 11.6 Å². The molecule has 3 aromatic rings. The largest absolute Gasteiger partial charge is 0.494 e. The molecule has 0 aliphatic carbocycles. The summed E-state index contributed by atoms with van der Waals surface area (Å²) in [4.78, 5) is 28.0. The molecule has 0 bridgehead atoms. The Labute approximate surface area is 158 Å². The van der Waals surface area contributed by atoms with Crippen molar-refractivity contribution in [2.75, 3.05) is 20.3 Å². The van der Waals surface area contributed by atoms with Crippen molar-refractivity contribution < 1.29 is 28.2 Å². The highest BCUT2D eigenvalue weighted by molar-refractivity contribution is 7.18. The van der Waals surface area contributed by atoms with E-state index in [2.05, 4.69) is 4.98 Å². The minimum atomic E-state index is -0.682. The second-order valence-corrected chi connectivity index (χ2v) is 6.62. The molecule has 8 heteroatoms. The van der Waals surface area contributed by atoms with Crippen LogP contribution in [0.5, 0.6) is 5.75 Å². The summed E-state index contributed by atoms with van der Waals surface area (Å²) >= 11 is 1.48. The minimum absolute atomic E-state index is 0.0341. The number of thiazole rings is 1. The molecule has 0 aliphatic rings. The predicted molar refractivity (Wildman–Crippen MR) is 97.5 cm³/mol. The van der Waals surface area contributed by atoms with Gasteiger partial charge in [-0.15, -0.1) is 11.3 Å². The molecule has 0 aliphatic heterocycles. The number of para-hydroxylation sites is 1. The van der Waals surface area contributed by atoms with E-state index in [4.69, 9.17) is 14.2 Å². The Bertz CT molecular complexity index is 939. The normalized spacial score (nSPS) is 10.7. The molecule has 0 spiro atoms. The number of ketones is 1. The van der Waals surface area contributed by atoms with Crippen LogP contribution in [-0.4, -0.2) is 37.1 Å². The van der Waals surface area contributed by atoms with Crippen molar-refractivity contribution in [2.24, 2.45) is 0 Å². The number of carbonyl (C=O) groups is 2. The number of esters is 1. The Morgan fingerprint density at radius 3 is 2.70 bits per heavy atom. The highest BCUT2D eigenvalue weighted by atomic mass is 32.1. The Morgan fingerprint density at radius 2 is 1.96 bits per heavy atom. The van der Waals surface area contributed by atoms with Crippen LogP contribution in [0.4, 0.5) is 4.39 Å². The smallest absolute Gasteiger partial charge is 0.332 e. The van der Waals surface area contributed by atoms with Gasteiger partial charge < -0.3 is 14.2 Å². The van der Waals surface area contributed by atoms with Crippen molar-refractivity contribution in [3.05, 3.63) is 58.9 Å². The number of carbonyl (C=O) groups excluding carboxylic acids is 2. The molecule has 0 fully saturated rings. The molecule has 140 valence electrons. The van der Waals surface area contributed by atoms with Gasteiger partial charge in [-0.25, -0.2) is 14.2 Å². The maximum Gasteiger partial charge on any atom is 0.332 e. The number of nitrogens with zero attached hydrogens (tertiary/aromatic N) is 1. The summed E-state index contributed by atoms with van der Waals surface area (Å²) in [6.07, 6.45) is 0. The van der Waals surface area contributed by atoms with Gasteiger partial charge in [0, 0.05) is 5.56 Å². The third-order valence-electron chi connectivity index (χ3n) is 3.62. The fraction of sp³-hybridized carbons (Fsp3) is 0.211. The molecule has 6 nitrogen and oxygen atoms in total. The first-order valence-electron chi connectivity index (χ1n) is 8.01. The standard InChI is InChI=1S/C19H16FNO5S/c1-24-16-7-6-12(8-13(16)20)15(22)9-26-19(23)11-25-10-18-21-14-4-2-3-5-17(14)27-18/h2-8H,9-11H2,1H3. The number of halogens is 1. The Morgan fingerprint density at radius 1 is 1.15 bits per heavy atom. The van der Waals surface area contributed by atoms with Crippen molar-refractivity contribution in [1.82, 2.24) is 4.98 Å². The number of methoxy groups -OCH3 is 1. The highest BCUT2D eigenvalue weighted by Crippen LogP contribution is 2.22. The summed E-state index contributed by atoms with van der Waals surface area (Å²) in [5.74, 6) is -1.82. The molecule has 2 aromatic carbocycles. The molecule has 0 amide bonds. The van der Waals surface area contributed by atoms with E-state index in [1.165, 1.54) is 30.6 Å². The lowest BCUT2D eigenvalue weighted by Crippen LogP contribution is -2.18. The SMILES string of the molecule is COc1ccc(C(=O)COC(=O)COCc2nc3ccccc3s2)cc1F. The van der Waals surface area contributed by atoms with E-state index >= 15 is 0 Å². The van der Waals surface area contributed by atoms with Crippen LogP contribution in [0.1, 0.15) is 15.4 Å². The summed E-state index contributed by atoms with van der Waals surface area (Å²) < 4.78 is 29.6. The molecule has 0 saturated heterocycles. The third-order valence-corrected chi connectivity index (χ3v) is 4.63. The molecule has 1 aromatic heterocycles. The van der Waals surface area contributed by atoms with Gasteiger partial charge in [-0.3, -0.25) is 4.79 Å². The van der Waals surface area contributed by atoms with E-state index in [9.17, 15) is 14.0 Å². The van der Waals surface area contributed by atoms with Gasteiger partial charge in [-0.2, -0.15) is 0 Å². The van der Waals surface area contributed by atoms with Crippen LogP contribution in [0.3, 0.4) is 0 Å². The van der Waals surface area contributed by atoms with Gasteiger partial charge in [0.15, 0.2) is 24.0 Å². The van der Waals surface area contributed by atoms with Crippen molar-refractivity contribution in [3.63, 3.8) is 0 Å². The first kappa shape index (κ1) is 18.9. The maximum absolute atomic E-state index is 13.6. The van der Waals surface area contributed by atoms with Crippen LogP contribution >= 0.6 is 11.3 Å². The number of hydrogen-bond donors (Lipinski definition) is 0. The first-order chi connectivity index (χ1) is 13.1. The van der Waals surface area contributed by atoms with Gasteiger partial charge in [0.25, 0.3) is 0 Å². The molecule has 0 unspecified atom stereocenters. The number of aromatic nitrogens is 1. The van der Waals surface area contributed by atoms with Crippen LogP contribution < -0.4 is 4.74 Å². The van der Waals surface area contributed by atoms with Crippen LogP contribution in [0, 0.1) is 5.82 Å². The van der Waals surface area contributed by atoms with Crippen molar-refractivity contribution in [1.29, 1.82) is 0 Å². The summed E-state index contributed by atoms with van der Waals surface area (Å²) in [5.41, 5.74) is 0.970. The average molecular weight is 389 g/mol. The van der Waals surface area contributed by atoms with E-state index in [1.807, 2.05) is 24.3 Å². The number of ether oxygens (including phenoxy) is 3. The second kappa shape index (κ2) is 8.70. The molecule has 3 rings (SSSR count). The summed E-state index contributed by atoms with van der Waals surface area (Å²) in [7, 11) is 1.33. The number of fused-ring (bicyclic) bond motifs is 1. The molecule has 0 radical (unpaired) electrons. The number of rotatable bonds is 8. The summed E-state index contributed by atoms with van der Waals surface area (Å²) in [6.45, 7) is -0.624. The third kappa shape index (κ3) is 4.87. The second-order valence-electron chi connectivity index (χ2n) is 5.50. The van der Waals surface area contributed by atoms with Crippen molar-refractivity contribution in [2.45, 2.75) is 6.61 Å². The van der Waals surface area contributed by atoms with E-state index < -0.39 is 24.2 Å². The fourth-order valence-electron chi connectivity index (χ4n) is 2.31. The number of benzene rings is 2. The van der Waals surface area contributed by atoms with Gasteiger partial charge in [0.05, 0.1) is 23.9 Å². The predicted octanol–water partition coefficient (Wildman–Crippen LogP) is 3.39. The Kier molecular flexibility index (Phi) is 6.10. The van der Waals surface area contributed by atoms with Gasteiger partial charge >= 0.3 is 5.97 Å². The topological polar surface area (TPSA) is 74.7 Å². The lowest BCUT2D eigenvalue weighted by atomic mass is 10.1. The van der Waals surface area contributed by atoms with E-state index in [-0.39, 0.29) is 24.5 Å². The average Bonchev–Trinajstić information content (AvgIpc) is 3.08. The van der Waals surface area contributed by atoms with Crippen molar-refractivity contribution >= 4 is 33.3 Å². The lowest BCUT2D eigenvalue weighted by Gasteiger charge is -2.06. The van der Waals surface area contributed by atoms with Crippen LogP contribution in [-0.2, 0) is 20.9 Å². The molecule has 0 N–H and O–H groups in total. The van der Waals surface area contributed by atoms with Gasteiger partial charge in [-0.1, -0.05) is 12.1 Å². The number of hydrogen-bond acceptors (Lipinski definition) is 7. The van der Waals surface area contributed by atoms with E-state index in [1.54, 1.807) is 0 Å². The molecule has 27 heavy (non-hydrogen) atoms. The fourth-order valence-corrected chi connectivity index (χ4v) is 3.22. The number of Topliss-reactive ketones (excluding diaryl/α,β-unsaturated/α-hetero) is 1. The van der Waals surface area contributed by atoms with Crippen molar-refractivity contribution in [3.8, 4) is 5.75 Å².